The molecule has 0 radical (unpaired) electrons. The lowest BCUT2D eigenvalue weighted by atomic mass is 10.2. The Labute approximate surface area is 90.2 Å². The maximum Gasteiger partial charge on any atom is 0.255 e. The van der Waals surface area contributed by atoms with Gasteiger partial charge in [0.1, 0.15) is 0 Å². The molecule has 0 spiro atoms. The van der Waals surface area contributed by atoms with Crippen LogP contribution in [0.3, 0.4) is 0 Å². The van der Waals surface area contributed by atoms with Gasteiger partial charge in [0.15, 0.2) is 5.82 Å². The first-order valence-corrected chi connectivity index (χ1v) is 4.83. The van der Waals surface area contributed by atoms with Crippen LogP contribution >= 0.6 is 43.5 Å². The molecule has 0 aliphatic rings. The van der Waals surface area contributed by atoms with Gasteiger partial charge in [-0.15, -0.1) is 0 Å². The molecule has 1 aromatic rings. The summed E-state index contributed by atoms with van der Waals surface area (Å²) in [6, 6.07) is 2.86. The minimum atomic E-state index is -0.805. The van der Waals surface area contributed by atoms with E-state index in [-0.39, 0.29) is 10.0 Å². The molecule has 0 heterocycles. The highest BCUT2D eigenvalue weighted by molar-refractivity contribution is 9.13. The predicted octanol–water partition coefficient (Wildman–Crippen LogP) is 3.73. The molecule has 0 saturated heterocycles. The van der Waals surface area contributed by atoms with Gasteiger partial charge in [0.2, 0.25) is 0 Å². The van der Waals surface area contributed by atoms with Gasteiger partial charge >= 0.3 is 0 Å². The normalized spacial score (nSPS) is 10.0. The Morgan fingerprint density at radius 3 is 2.50 bits per heavy atom. The van der Waals surface area contributed by atoms with Crippen LogP contribution in [0.1, 0.15) is 10.4 Å². The molecule has 1 aromatic carbocycles. The van der Waals surface area contributed by atoms with Crippen molar-refractivity contribution in [2.45, 2.75) is 0 Å². The maximum atomic E-state index is 13.1. The fraction of sp³-hybridized carbons (Fsp3) is 0. The highest BCUT2D eigenvalue weighted by Gasteiger charge is 2.13. The van der Waals surface area contributed by atoms with Crippen molar-refractivity contribution in [1.82, 2.24) is 0 Å². The monoisotopic (exact) mass is 314 g/mol. The zero-order valence-corrected chi connectivity index (χ0v) is 9.50. The first-order chi connectivity index (χ1) is 5.54. The number of hydrogen-bond acceptors (Lipinski definition) is 1. The molecule has 64 valence electrons. The molecule has 1 nitrogen and oxygen atoms in total. The van der Waals surface area contributed by atoms with Crippen LogP contribution in [-0.2, 0) is 0 Å². The van der Waals surface area contributed by atoms with Crippen LogP contribution in [0.5, 0.6) is 0 Å². The third kappa shape index (κ3) is 1.87. The third-order valence-electron chi connectivity index (χ3n) is 1.25. The lowest BCUT2D eigenvalue weighted by molar-refractivity contribution is 0.107. The molecule has 0 atom stereocenters. The Morgan fingerprint density at radius 1 is 1.42 bits per heavy atom. The van der Waals surface area contributed by atoms with E-state index in [4.69, 9.17) is 11.6 Å². The van der Waals surface area contributed by atoms with Crippen LogP contribution in [0.2, 0.25) is 0 Å². The van der Waals surface area contributed by atoms with Crippen LogP contribution in [-0.4, -0.2) is 5.24 Å². The third-order valence-corrected chi connectivity index (χ3v) is 3.42. The van der Waals surface area contributed by atoms with Crippen LogP contribution in [0.25, 0.3) is 0 Å². The van der Waals surface area contributed by atoms with Crippen molar-refractivity contribution < 1.29 is 9.18 Å². The number of benzene rings is 1. The number of hydrogen-bond donors (Lipinski definition) is 0. The van der Waals surface area contributed by atoms with E-state index in [0.29, 0.717) is 4.47 Å². The molecule has 1 rings (SSSR count). The Hall–Kier alpha value is 0.0700. The molecule has 0 aliphatic heterocycles. The van der Waals surface area contributed by atoms with E-state index in [1.54, 1.807) is 6.07 Å². The Balaban J connectivity index is 3.36. The predicted molar refractivity (Wildman–Crippen MR) is 52.0 cm³/mol. The summed E-state index contributed by atoms with van der Waals surface area (Å²) in [5.74, 6) is -0.649. The van der Waals surface area contributed by atoms with Gasteiger partial charge in [-0.05, 0) is 55.6 Å². The van der Waals surface area contributed by atoms with Crippen LogP contribution in [0.4, 0.5) is 4.39 Å². The van der Waals surface area contributed by atoms with Crippen LogP contribution < -0.4 is 0 Å². The minimum Gasteiger partial charge on any atom is -0.275 e. The summed E-state index contributed by atoms with van der Waals surface area (Å²) in [5, 5.41) is -0.805. The SMILES string of the molecule is O=C(Cl)c1ccc(Br)c(Br)c1F. The lowest BCUT2D eigenvalue weighted by Crippen LogP contribution is -1.95. The largest absolute Gasteiger partial charge is 0.275 e. The number of carbonyl (C=O) groups is 1. The summed E-state index contributed by atoms with van der Waals surface area (Å²) >= 11 is 11.2. The minimum absolute atomic E-state index is 0.133. The summed E-state index contributed by atoms with van der Waals surface area (Å²) < 4.78 is 13.9. The van der Waals surface area contributed by atoms with Crippen molar-refractivity contribution in [2.24, 2.45) is 0 Å². The molecule has 0 aliphatic carbocycles. The van der Waals surface area contributed by atoms with E-state index >= 15 is 0 Å². The van der Waals surface area contributed by atoms with Gasteiger partial charge in [-0.3, -0.25) is 4.79 Å². The molecule has 0 unspecified atom stereocenters. The van der Waals surface area contributed by atoms with E-state index < -0.39 is 11.1 Å². The first-order valence-electron chi connectivity index (χ1n) is 2.87. The molecule has 0 bridgehead atoms. The molecular formula is C7H2Br2ClFO. The van der Waals surface area contributed by atoms with Gasteiger partial charge in [-0.25, -0.2) is 4.39 Å². The molecule has 0 saturated carbocycles. The van der Waals surface area contributed by atoms with Crippen molar-refractivity contribution in [3.63, 3.8) is 0 Å². The van der Waals surface area contributed by atoms with Crippen molar-refractivity contribution in [3.05, 3.63) is 32.5 Å². The van der Waals surface area contributed by atoms with Gasteiger partial charge in [0.05, 0.1) is 10.0 Å². The quantitative estimate of drug-likeness (QED) is 0.570. The maximum absolute atomic E-state index is 13.1. The standard InChI is InChI=1S/C7H2Br2ClFO/c8-4-2-1-3(7(10)12)6(11)5(4)9/h1-2H. The molecule has 0 aromatic heterocycles. The number of carbonyl (C=O) groups excluding carboxylic acids is 1. The zero-order chi connectivity index (χ0) is 9.30. The highest BCUT2D eigenvalue weighted by Crippen LogP contribution is 2.28. The molecule has 12 heavy (non-hydrogen) atoms. The number of rotatable bonds is 1. The van der Waals surface area contributed by atoms with E-state index in [2.05, 4.69) is 31.9 Å². The molecule has 0 fully saturated rings. The summed E-state index contributed by atoms with van der Waals surface area (Å²) in [7, 11) is 0. The van der Waals surface area contributed by atoms with E-state index in [1.165, 1.54) is 6.07 Å². The number of halogens is 4. The zero-order valence-electron chi connectivity index (χ0n) is 5.57. The van der Waals surface area contributed by atoms with Gasteiger partial charge in [-0.2, -0.15) is 0 Å². The van der Waals surface area contributed by atoms with E-state index in [0.717, 1.165) is 0 Å². The van der Waals surface area contributed by atoms with Gasteiger partial charge in [0.25, 0.3) is 5.24 Å². The van der Waals surface area contributed by atoms with Crippen LogP contribution in [0, 0.1) is 5.82 Å². The smallest absolute Gasteiger partial charge is 0.255 e. The Bertz CT molecular complexity index is 340. The average molecular weight is 316 g/mol. The second-order valence-corrected chi connectivity index (χ2v) is 3.99. The van der Waals surface area contributed by atoms with Crippen molar-refractivity contribution >= 4 is 48.7 Å². The summed E-state index contributed by atoms with van der Waals surface area (Å²) in [4.78, 5) is 10.6. The summed E-state index contributed by atoms with van der Waals surface area (Å²) in [5.41, 5.74) is -0.133. The van der Waals surface area contributed by atoms with Gasteiger partial charge in [0, 0.05) is 4.47 Å². The molecule has 0 N–H and O–H groups in total. The second kappa shape index (κ2) is 3.85. The lowest BCUT2D eigenvalue weighted by Gasteiger charge is -2.00. The summed E-state index contributed by atoms with van der Waals surface area (Å²) in [6.45, 7) is 0. The molecule has 5 heteroatoms. The van der Waals surface area contributed by atoms with Crippen molar-refractivity contribution in [2.75, 3.05) is 0 Å². The van der Waals surface area contributed by atoms with Gasteiger partial charge < -0.3 is 0 Å². The summed E-state index contributed by atoms with van der Waals surface area (Å²) in [6.07, 6.45) is 0. The van der Waals surface area contributed by atoms with E-state index in [1.807, 2.05) is 0 Å². The van der Waals surface area contributed by atoms with Gasteiger partial charge in [-0.1, -0.05) is 0 Å². The fourth-order valence-corrected chi connectivity index (χ4v) is 1.48. The second-order valence-electron chi connectivity index (χ2n) is 2.00. The topological polar surface area (TPSA) is 17.1 Å². The Morgan fingerprint density at radius 2 is 2.00 bits per heavy atom. The van der Waals surface area contributed by atoms with Crippen molar-refractivity contribution in [1.29, 1.82) is 0 Å². The molecular weight excluding hydrogens is 314 g/mol. The van der Waals surface area contributed by atoms with Crippen LogP contribution in [0.15, 0.2) is 21.1 Å². The van der Waals surface area contributed by atoms with E-state index in [9.17, 15) is 9.18 Å². The molecule has 0 amide bonds. The Kier molecular flexibility index (Phi) is 3.26. The average Bonchev–Trinajstić information content (AvgIpc) is 2.00. The van der Waals surface area contributed by atoms with Crippen molar-refractivity contribution in [3.8, 4) is 0 Å². The first kappa shape index (κ1) is 10.2. The fourth-order valence-electron chi connectivity index (χ4n) is 0.678. The highest BCUT2D eigenvalue weighted by atomic mass is 79.9.